The van der Waals surface area contributed by atoms with E-state index in [1.807, 2.05) is 0 Å². The van der Waals surface area contributed by atoms with Gasteiger partial charge in [-0.25, -0.2) is 13.6 Å². The van der Waals surface area contributed by atoms with E-state index >= 15 is 0 Å². The molecule has 1 rings (SSSR count). The normalized spacial score (nSPS) is 15.1. The molecule has 2 atom stereocenters. The quantitative estimate of drug-likeness (QED) is 0.811. The highest BCUT2D eigenvalue weighted by Crippen LogP contribution is 2.22. The predicted molar refractivity (Wildman–Crippen MR) is 76.4 cm³/mol. The molecule has 18 heavy (non-hydrogen) atoms. The maximum Gasteiger partial charge on any atom is 0.215 e. The first-order valence-corrected chi connectivity index (χ1v) is 8.38. The molecule has 0 radical (unpaired) electrons. The molecule has 4 nitrogen and oxygen atoms in total. The van der Waals surface area contributed by atoms with E-state index in [0.29, 0.717) is 18.1 Å². The van der Waals surface area contributed by atoms with E-state index in [0.717, 1.165) is 11.1 Å². The lowest BCUT2D eigenvalue weighted by molar-refractivity contribution is 0.274. The van der Waals surface area contributed by atoms with E-state index in [4.69, 9.17) is 9.88 Å². The van der Waals surface area contributed by atoms with Crippen LogP contribution in [0, 0.1) is 5.92 Å². The van der Waals surface area contributed by atoms with E-state index in [-0.39, 0.29) is 0 Å². The third-order valence-electron chi connectivity index (χ3n) is 2.64. The Morgan fingerprint density at radius 2 is 1.83 bits per heavy atom. The Kier molecular flexibility index (Phi) is 5.62. The number of alkyl halides is 1. The number of ether oxygens (including phenoxy) is 1. The van der Waals surface area contributed by atoms with Crippen LogP contribution in [0.1, 0.15) is 24.7 Å². The summed E-state index contributed by atoms with van der Waals surface area (Å²) in [6.45, 7) is 4.26. The largest absolute Gasteiger partial charge is 0.493 e. The van der Waals surface area contributed by atoms with Crippen molar-refractivity contribution in [2.24, 2.45) is 11.1 Å². The van der Waals surface area contributed by atoms with E-state index < -0.39 is 15.3 Å². The molecule has 0 fully saturated rings. The predicted octanol–water partition coefficient (Wildman–Crippen LogP) is 2.45. The van der Waals surface area contributed by atoms with Crippen molar-refractivity contribution in [1.82, 2.24) is 0 Å². The minimum atomic E-state index is -3.55. The average molecular weight is 336 g/mol. The first kappa shape index (κ1) is 15.5. The molecule has 0 aliphatic heterocycles. The lowest BCUT2D eigenvalue weighted by Gasteiger charge is -2.12. The third kappa shape index (κ3) is 4.59. The lowest BCUT2D eigenvalue weighted by atomic mass is 10.1. The maximum atomic E-state index is 11.2. The topological polar surface area (TPSA) is 69.4 Å². The van der Waals surface area contributed by atoms with Gasteiger partial charge >= 0.3 is 0 Å². The van der Waals surface area contributed by atoms with Crippen molar-refractivity contribution >= 4 is 26.0 Å². The fourth-order valence-corrected chi connectivity index (χ4v) is 2.03. The number of sulfonamides is 1. The van der Waals surface area contributed by atoms with Crippen LogP contribution in [-0.4, -0.2) is 20.4 Å². The minimum absolute atomic E-state index is 0.424. The smallest absolute Gasteiger partial charge is 0.215 e. The molecular weight excluding hydrogens is 318 g/mol. The molecule has 0 saturated heterocycles. The van der Waals surface area contributed by atoms with Crippen LogP contribution < -0.4 is 9.88 Å². The van der Waals surface area contributed by atoms with E-state index in [1.165, 1.54) is 0 Å². The molecule has 1 aromatic carbocycles. The van der Waals surface area contributed by atoms with Gasteiger partial charge in [-0.3, -0.25) is 0 Å². The average Bonchev–Trinajstić information content (AvgIpc) is 2.34. The maximum absolute atomic E-state index is 11.2. The van der Waals surface area contributed by atoms with Gasteiger partial charge in [-0.05, 0) is 30.5 Å². The van der Waals surface area contributed by atoms with Crippen molar-refractivity contribution in [3.63, 3.8) is 0 Å². The molecule has 102 valence electrons. The number of rotatable bonds is 6. The monoisotopic (exact) mass is 335 g/mol. The summed E-state index contributed by atoms with van der Waals surface area (Å²) in [5.41, 5.74) is 0.665. The van der Waals surface area contributed by atoms with Gasteiger partial charge in [-0.15, -0.1) is 0 Å². The van der Waals surface area contributed by atoms with Gasteiger partial charge in [-0.2, -0.15) is 0 Å². The fourth-order valence-electron chi connectivity index (χ4n) is 1.31. The summed E-state index contributed by atoms with van der Waals surface area (Å²) < 4.78 is 28.0. The Morgan fingerprint density at radius 3 is 2.28 bits per heavy atom. The first-order chi connectivity index (χ1) is 8.34. The second-order valence-corrected chi connectivity index (χ2v) is 6.90. The highest BCUT2D eigenvalue weighted by Gasteiger charge is 2.17. The van der Waals surface area contributed by atoms with Gasteiger partial charge in [0.2, 0.25) is 10.0 Å². The molecule has 0 amide bonds. The Labute approximate surface area is 117 Å². The summed E-state index contributed by atoms with van der Waals surface area (Å²) in [6.07, 6.45) is 0. The van der Waals surface area contributed by atoms with Crippen molar-refractivity contribution in [3.8, 4) is 5.75 Å². The van der Waals surface area contributed by atoms with Crippen LogP contribution in [0.4, 0.5) is 0 Å². The molecule has 0 aliphatic rings. The highest BCUT2D eigenvalue weighted by molar-refractivity contribution is 9.09. The zero-order chi connectivity index (χ0) is 13.8. The number of nitrogens with two attached hydrogens (primary N) is 1. The molecular formula is C12H18BrNO3S. The van der Waals surface area contributed by atoms with Crippen LogP contribution in [0.25, 0.3) is 0 Å². The molecule has 1 unspecified atom stereocenters. The summed E-state index contributed by atoms with van der Waals surface area (Å²) in [6, 6.07) is 6.97. The van der Waals surface area contributed by atoms with Gasteiger partial charge in [0.25, 0.3) is 0 Å². The molecule has 1 aromatic rings. The van der Waals surface area contributed by atoms with Crippen LogP contribution in [0.15, 0.2) is 24.3 Å². The number of hydrogen-bond donors (Lipinski definition) is 1. The third-order valence-corrected chi connectivity index (χ3v) is 5.00. The Hall–Kier alpha value is -0.590. The van der Waals surface area contributed by atoms with Gasteiger partial charge in [0.15, 0.2) is 0 Å². The highest BCUT2D eigenvalue weighted by atomic mass is 79.9. The van der Waals surface area contributed by atoms with Crippen molar-refractivity contribution in [2.45, 2.75) is 19.1 Å². The Morgan fingerprint density at radius 1 is 1.28 bits per heavy atom. The zero-order valence-corrected chi connectivity index (χ0v) is 12.9. The molecule has 6 heteroatoms. The van der Waals surface area contributed by atoms with Gasteiger partial charge in [-0.1, -0.05) is 35.0 Å². The molecule has 0 saturated carbocycles. The van der Waals surface area contributed by atoms with Gasteiger partial charge in [0.1, 0.15) is 5.75 Å². The SMILES string of the molecule is CC(c1ccc(OC[C@H](C)CBr)cc1)S(N)(=O)=O. The van der Waals surface area contributed by atoms with E-state index in [9.17, 15) is 8.42 Å². The molecule has 0 bridgehead atoms. The first-order valence-electron chi connectivity index (χ1n) is 5.65. The summed E-state index contributed by atoms with van der Waals surface area (Å²) in [5, 5.41) is 5.28. The standard InChI is InChI=1S/C12H18BrNO3S/c1-9(7-13)8-17-12-5-3-11(4-6-12)10(2)18(14,15)16/h3-6,9-10H,7-8H2,1-2H3,(H2,14,15,16)/t9-,10?/m1/s1. The second-order valence-electron chi connectivity index (χ2n) is 4.37. The van der Waals surface area contributed by atoms with Gasteiger partial charge in [0, 0.05) is 5.33 Å². The molecule has 0 aliphatic carbocycles. The Bertz CT molecular complexity index is 473. The number of benzene rings is 1. The van der Waals surface area contributed by atoms with E-state index in [2.05, 4.69) is 22.9 Å². The molecule has 0 heterocycles. The van der Waals surface area contributed by atoms with Crippen LogP contribution in [0.3, 0.4) is 0 Å². The fraction of sp³-hybridized carbons (Fsp3) is 0.500. The van der Waals surface area contributed by atoms with Crippen LogP contribution in [0.5, 0.6) is 5.75 Å². The van der Waals surface area contributed by atoms with Crippen LogP contribution >= 0.6 is 15.9 Å². The lowest BCUT2D eigenvalue weighted by Crippen LogP contribution is -2.19. The number of hydrogen-bond acceptors (Lipinski definition) is 3. The summed E-state index contributed by atoms with van der Waals surface area (Å²) >= 11 is 3.38. The molecule has 2 N–H and O–H groups in total. The minimum Gasteiger partial charge on any atom is -0.493 e. The van der Waals surface area contributed by atoms with Crippen molar-refractivity contribution < 1.29 is 13.2 Å². The summed E-state index contributed by atoms with van der Waals surface area (Å²) in [4.78, 5) is 0. The Balaban J connectivity index is 2.69. The van der Waals surface area contributed by atoms with Gasteiger partial charge < -0.3 is 4.74 Å². The van der Waals surface area contributed by atoms with Crippen molar-refractivity contribution in [1.29, 1.82) is 0 Å². The summed E-state index contributed by atoms with van der Waals surface area (Å²) in [5.74, 6) is 1.15. The van der Waals surface area contributed by atoms with Crippen molar-refractivity contribution in [2.75, 3.05) is 11.9 Å². The molecule has 0 spiro atoms. The summed E-state index contributed by atoms with van der Waals surface area (Å²) in [7, 11) is -3.55. The van der Waals surface area contributed by atoms with Crippen molar-refractivity contribution in [3.05, 3.63) is 29.8 Å². The second kappa shape index (κ2) is 6.54. The van der Waals surface area contributed by atoms with Crippen LogP contribution in [0.2, 0.25) is 0 Å². The van der Waals surface area contributed by atoms with Gasteiger partial charge in [0.05, 0.1) is 11.9 Å². The van der Waals surface area contributed by atoms with E-state index in [1.54, 1.807) is 31.2 Å². The zero-order valence-electron chi connectivity index (χ0n) is 10.5. The van der Waals surface area contributed by atoms with Crippen LogP contribution in [-0.2, 0) is 10.0 Å². The number of primary sulfonamides is 1. The molecule has 0 aromatic heterocycles. The number of halogens is 1.